The van der Waals surface area contributed by atoms with E-state index < -0.39 is 18.0 Å². The van der Waals surface area contributed by atoms with Crippen LogP contribution in [0.5, 0.6) is 0 Å². The van der Waals surface area contributed by atoms with Crippen LogP contribution in [0.3, 0.4) is 0 Å². The highest BCUT2D eigenvalue weighted by molar-refractivity contribution is 5.73. The van der Waals surface area contributed by atoms with E-state index in [1.54, 1.807) is 6.08 Å². The van der Waals surface area contributed by atoms with Crippen LogP contribution >= 0.6 is 0 Å². The molecule has 122 valence electrons. The topological polar surface area (TPSA) is 130 Å². The molecule has 1 heterocycles. The van der Waals surface area contributed by atoms with Crippen molar-refractivity contribution in [1.82, 2.24) is 4.90 Å². The molecule has 21 heavy (non-hydrogen) atoms. The molecule has 1 fully saturated rings. The summed E-state index contributed by atoms with van der Waals surface area (Å²) in [6, 6.07) is -0.987. The molecule has 0 amide bonds. The predicted octanol–water partition coefficient (Wildman–Crippen LogP) is 0.249. The van der Waals surface area contributed by atoms with E-state index in [2.05, 4.69) is 6.58 Å². The van der Waals surface area contributed by atoms with E-state index in [9.17, 15) is 9.59 Å². The molecule has 0 spiro atoms. The summed E-state index contributed by atoms with van der Waals surface area (Å²) in [6.45, 7) is 5.77. The fourth-order valence-electron chi connectivity index (χ4n) is 2.12. The van der Waals surface area contributed by atoms with Gasteiger partial charge in [-0.15, -0.1) is 6.58 Å². The Morgan fingerprint density at radius 1 is 1.38 bits per heavy atom. The third-order valence-corrected chi connectivity index (χ3v) is 3.30. The van der Waals surface area contributed by atoms with Gasteiger partial charge in [-0.2, -0.15) is 0 Å². The summed E-state index contributed by atoms with van der Waals surface area (Å²) in [5.74, 6) is -1.64. The summed E-state index contributed by atoms with van der Waals surface area (Å²) in [6.07, 6.45) is 5.69. The SMILES string of the molecule is C=CCN1CCC[C@H]1C(=O)O.NCCCC[C@H](N)C(=O)O. The molecule has 0 unspecified atom stereocenters. The van der Waals surface area contributed by atoms with Gasteiger partial charge in [0.2, 0.25) is 0 Å². The molecule has 0 aromatic rings. The summed E-state index contributed by atoms with van der Waals surface area (Å²) in [4.78, 5) is 22.7. The molecule has 6 N–H and O–H groups in total. The summed E-state index contributed by atoms with van der Waals surface area (Å²) in [5, 5.41) is 17.1. The third kappa shape index (κ3) is 8.44. The number of unbranched alkanes of at least 4 members (excludes halogenated alkanes) is 1. The van der Waals surface area contributed by atoms with Crippen molar-refractivity contribution in [3.05, 3.63) is 12.7 Å². The highest BCUT2D eigenvalue weighted by Crippen LogP contribution is 2.16. The Hall–Kier alpha value is -1.44. The summed E-state index contributed by atoms with van der Waals surface area (Å²) in [5.41, 5.74) is 10.4. The first-order valence-electron chi connectivity index (χ1n) is 7.20. The standard InChI is InChI=1S/C8H13NO2.C6H14N2O2/c1-2-5-9-6-3-4-7(9)8(10)11;7-4-2-1-3-5(8)6(9)10/h2,7H,1,3-6H2,(H,10,11);5H,1-4,7-8H2,(H,9,10)/t7-;5-/m00/s1. The number of nitrogens with zero attached hydrogens (tertiary/aromatic N) is 1. The van der Waals surface area contributed by atoms with Gasteiger partial charge in [-0.3, -0.25) is 14.5 Å². The molecule has 0 radical (unpaired) electrons. The molecule has 7 nitrogen and oxygen atoms in total. The monoisotopic (exact) mass is 301 g/mol. The first-order valence-corrected chi connectivity index (χ1v) is 7.20. The van der Waals surface area contributed by atoms with Crippen LogP contribution in [0.25, 0.3) is 0 Å². The molecule has 0 saturated carbocycles. The van der Waals surface area contributed by atoms with E-state index in [1.807, 2.05) is 4.90 Å². The maximum Gasteiger partial charge on any atom is 0.320 e. The molecule has 1 aliphatic heterocycles. The molecule has 7 heteroatoms. The number of nitrogens with two attached hydrogens (primary N) is 2. The number of aliphatic carboxylic acids is 2. The zero-order chi connectivity index (χ0) is 16.3. The van der Waals surface area contributed by atoms with Gasteiger partial charge in [-0.25, -0.2) is 0 Å². The first kappa shape index (κ1) is 19.6. The van der Waals surface area contributed by atoms with Gasteiger partial charge in [0.15, 0.2) is 0 Å². The lowest BCUT2D eigenvalue weighted by atomic mass is 10.1. The molecule has 1 aliphatic rings. The molecule has 0 aliphatic carbocycles. The van der Waals surface area contributed by atoms with Crippen molar-refractivity contribution in [1.29, 1.82) is 0 Å². The second kappa shape index (κ2) is 11.2. The van der Waals surface area contributed by atoms with Crippen LogP contribution < -0.4 is 11.5 Å². The highest BCUT2D eigenvalue weighted by atomic mass is 16.4. The predicted molar refractivity (Wildman–Crippen MR) is 80.9 cm³/mol. The highest BCUT2D eigenvalue weighted by Gasteiger charge is 2.28. The van der Waals surface area contributed by atoms with Crippen LogP contribution in [-0.2, 0) is 9.59 Å². The van der Waals surface area contributed by atoms with Crippen LogP contribution in [0.15, 0.2) is 12.7 Å². The maximum atomic E-state index is 10.6. The van der Waals surface area contributed by atoms with Gasteiger partial charge in [0.1, 0.15) is 12.1 Å². The first-order chi connectivity index (χ1) is 9.93. The van der Waals surface area contributed by atoms with Crippen LogP contribution in [0.4, 0.5) is 0 Å². The summed E-state index contributed by atoms with van der Waals surface area (Å²) in [7, 11) is 0. The number of carbonyl (C=O) groups is 2. The lowest BCUT2D eigenvalue weighted by Gasteiger charge is -2.18. The normalized spacial score (nSPS) is 19.4. The van der Waals surface area contributed by atoms with Crippen molar-refractivity contribution >= 4 is 11.9 Å². The van der Waals surface area contributed by atoms with Crippen molar-refractivity contribution in [3.63, 3.8) is 0 Å². The van der Waals surface area contributed by atoms with E-state index in [-0.39, 0.29) is 6.04 Å². The number of carboxylic acids is 2. The van der Waals surface area contributed by atoms with Gasteiger partial charge in [0.25, 0.3) is 0 Å². The Kier molecular flexibility index (Phi) is 10.5. The Morgan fingerprint density at radius 3 is 2.52 bits per heavy atom. The van der Waals surface area contributed by atoms with Gasteiger partial charge in [-0.05, 0) is 38.8 Å². The Bertz CT molecular complexity index is 336. The van der Waals surface area contributed by atoms with E-state index in [4.69, 9.17) is 21.7 Å². The minimum atomic E-state index is -0.933. The van der Waals surface area contributed by atoms with Gasteiger partial charge < -0.3 is 21.7 Å². The lowest BCUT2D eigenvalue weighted by molar-refractivity contribution is -0.142. The van der Waals surface area contributed by atoms with Gasteiger partial charge >= 0.3 is 11.9 Å². The van der Waals surface area contributed by atoms with Crippen LogP contribution in [0, 0.1) is 0 Å². The van der Waals surface area contributed by atoms with Crippen molar-refractivity contribution in [2.45, 2.75) is 44.2 Å². The number of carboxylic acid groups (broad SMARTS) is 2. The van der Waals surface area contributed by atoms with Crippen molar-refractivity contribution in [2.24, 2.45) is 11.5 Å². The second-order valence-electron chi connectivity index (χ2n) is 5.01. The third-order valence-electron chi connectivity index (χ3n) is 3.30. The quantitative estimate of drug-likeness (QED) is 0.373. The smallest absolute Gasteiger partial charge is 0.320 e. The average molecular weight is 301 g/mol. The summed E-state index contributed by atoms with van der Waals surface area (Å²) < 4.78 is 0. The van der Waals surface area contributed by atoms with E-state index in [1.165, 1.54) is 0 Å². The zero-order valence-corrected chi connectivity index (χ0v) is 12.4. The lowest BCUT2D eigenvalue weighted by Crippen LogP contribution is -2.35. The Balaban J connectivity index is 0.000000384. The van der Waals surface area contributed by atoms with Crippen LogP contribution in [-0.4, -0.2) is 58.8 Å². The van der Waals surface area contributed by atoms with E-state index in [0.717, 1.165) is 32.2 Å². The molecule has 0 aromatic carbocycles. The van der Waals surface area contributed by atoms with E-state index in [0.29, 0.717) is 19.5 Å². The Morgan fingerprint density at radius 2 is 2.05 bits per heavy atom. The number of hydrogen-bond acceptors (Lipinski definition) is 5. The van der Waals surface area contributed by atoms with E-state index >= 15 is 0 Å². The number of hydrogen-bond donors (Lipinski definition) is 4. The van der Waals surface area contributed by atoms with Gasteiger partial charge in [0.05, 0.1) is 0 Å². The largest absolute Gasteiger partial charge is 0.480 e. The molecule has 1 saturated heterocycles. The van der Waals surface area contributed by atoms with Crippen molar-refractivity contribution in [2.75, 3.05) is 19.6 Å². The van der Waals surface area contributed by atoms with Crippen molar-refractivity contribution in [3.8, 4) is 0 Å². The second-order valence-corrected chi connectivity index (χ2v) is 5.01. The molecule has 2 atom stereocenters. The summed E-state index contributed by atoms with van der Waals surface area (Å²) >= 11 is 0. The molecule has 0 aromatic heterocycles. The zero-order valence-electron chi connectivity index (χ0n) is 12.4. The minimum absolute atomic E-state index is 0.270. The van der Waals surface area contributed by atoms with Gasteiger partial charge in [-0.1, -0.05) is 12.5 Å². The molecular formula is C14H27N3O4. The molecular weight excluding hydrogens is 274 g/mol. The van der Waals surface area contributed by atoms with Crippen LogP contribution in [0.1, 0.15) is 32.1 Å². The minimum Gasteiger partial charge on any atom is -0.480 e. The number of rotatable bonds is 8. The number of likely N-dealkylation sites (tertiary alicyclic amines) is 1. The van der Waals surface area contributed by atoms with Gasteiger partial charge in [0, 0.05) is 6.54 Å². The maximum absolute atomic E-state index is 10.6. The van der Waals surface area contributed by atoms with Crippen LogP contribution in [0.2, 0.25) is 0 Å². The average Bonchev–Trinajstić information content (AvgIpc) is 2.88. The molecule has 1 rings (SSSR count). The molecule has 0 bridgehead atoms. The fourth-order valence-corrected chi connectivity index (χ4v) is 2.12. The fraction of sp³-hybridized carbons (Fsp3) is 0.714. The van der Waals surface area contributed by atoms with Crippen molar-refractivity contribution < 1.29 is 19.8 Å². The Labute approximate surface area is 125 Å².